The van der Waals surface area contributed by atoms with E-state index in [0.29, 0.717) is 0 Å². The van der Waals surface area contributed by atoms with Crippen LogP contribution in [0.25, 0.3) is 0 Å². The van der Waals surface area contributed by atoms with Crippen molar-refractivity contribution in [2.75, 3.05) is 19.5 Å². The summed E-state index contributed by atoms with van der Waals surface area (Å²) in [5.74, 6) is 0.936. The number of halogens is 2. The molecule has 0 heterocycles. The van der Waals surface area contributed by atoms with E-state index in [4.69, 9.17) is 4.74 Å². The highest BCUT2D eigenvalue weighted by molar-refractivity contribution is 9.10. The van der Waals surface area contributed by atoms with Crippen LogP contribution in [0.5, 0.6) is 5.75 Å². The molecule has 0 bridgehead atoms. The van der Waals surface area contributed by atoms with Gasteiger partial charge in [0.05, 0.1) is 7.11 Å². The molecular weight excluding hydrogens is 346 g/mol. The van der Waals surface area contributed by atoms with Gasteiger partial charge in [-0.05, 0) is 39.1 Å². The van der Waals surface area contributed by atoms with Crippen LogP contribution in [0.1, 0.15) is 19.4 Å². The maximum absolute atomic E-state index is 5.39. The summed E-state index contributed by atoms with van der Waals surface area (Å²) in [4.78, 5) is 2.31. The standard InChI is InChI=1S/C13H19Br2NO/c1-13(2,9-14)16(3)8-10-7-11(15)5-6-12(10)17-4/h5-7H,8-9H2,1-4H3. The maximum Gasteiger partial charge on any atom is 0.123 e. The van der Waals surface area contributed by atoms with Gasteiger partial charge in [0.15, 0.2) is 0 Å². The number of alkyl halides is 1. The second-order valence-electron chi connectivity index (χ2n) is 4.76. The van der Waals surface area contributed by atoms with Crippen molar-refractivity contribution in [3.8, 4) is 5.75 Å². The van der Waals surface area contributed by atoms with Crippen LogP contribution < -0.4 is 4.74 Å². The minimum atomic E-state index is 0.118. The van der Waals surface area contributed by atoms with Crippen molar-refractivity contribution in [3.63, 3.8) is 0 Å². The Labute approximate surface area is 121 Å². The van der Waals surface area contributed by atoms with Crippen LogP contribution in [0.4, 0.5) is 0 Å². The lowest BCUT2D eigenvalue weighted by Crippen LogP contribution is -2.42. The highest BCUT2D eigenvalue weighted by Crippen LogP contribution is 2.26. The number of hydrogen-bond donors (Lipinski definition) is 0. The highest BCUT2D eigenvalue weighted by atomic mass is 79.9. The summed E-state index contributed by atoms with van der Waals surface area (Å²) in [6, 6.07) is 6.10. The van der Waals surface area contributed by atoms with Gasteiger partial charge in [0, 0.05) is 27.4 Å². The van der Waals surface area contributed by atoms with Crippen LogP contribution in [0.2, 0.25) is 0 Å². The molecular formula is C13H19Br2NO. The average molecular weight is 365 g/mol. The first-order chi connectivity index (χ1) is 7.90. The zero-order valence-electron chi connectivity index (χ0n) is 10.8. The smallest absolute Gasteiger partial charge is 0.123 e. The van der Waals surface area contributed by atoms with Crippen molar-refractivity contribution < 1.29 is 4.74 Å². The van der Waals surface area contributed by atoms with E-state index < -0.39 is 0 Å². The molecule has 1 rings (SSSR count). The second-order valence-corrected chi connectivity index (χ2v) is 6.23. The first-order valence-electron chi connectivity index (χ1n) is 5.50. The monoisotopic (exact) mass is 363 g/mol. The summed E-state index contributed by atoms with van der Waals surface area (Å²) in [7, 11) is 3.84. The summed E-state index contributed by atoms with van der Waals surface area (Å²) in [6.45, 7) is 5.29. The highest BCUT2D eigenvalue weighted by Gasteiger charge is 2.22. The average Bonchev–Trinajstić information content (AvgIpc) is 2.29. The molecule has 0 N–H and O–H groups in total. The molecule has 0 aliphatic rings. The Kier molecular flexibility index (Phi) is 5.48. The molecule has 0 aliphatic heterocycles. The second kappa shape index (κ2) is 6.21. The third kappa shape index (κ3) is 3.97. The summed E-state index contributed by atoms with van der Waals surface area (Å²) in [5.41, 5.74) is 1.31. The molecule has 0 saturated heterocycles. The Morgan fingerprint density at radius 1 is 1.35 bits per heavy atom. The molecule has 4 heteroatoms. The van der Waals surface area contributed by atoms with Gasteiger partial charge >= 0.3 is 0 Å². The minimum Gasteiger partial charge on any atom is -0.496 e. The molecule has 0 aliphatic carbocycles. The Morgan fingerprint density at radius 3 is 2.53 bits per heavy atom. The zero-order valence-corrected chi connectivity index (χ0v) is 13.9. The van der Waals surface area contributed by atoms with E-state index in [1.165, 1.54) is 5.56 Å². The fourth-order valence-corrected chi connectivity index (χ4v) is 2.28. The predicted octanol–water partition coefficient (Wildman–Crippen LogP) is 4.06. The normalized spacial score (nSPS) is 11.9. The van der Waals surface area contributed by atoms with E-state index in [1.54, 1.807) is 7.11 Å². The topological polar surface area (TPSA) is 12.5 Å². The molecule has 0 radical (unpaired) electrons. The molecule has 1 aromatic rings. The van der Waals surface area contributed by atoms with Crippen LogP contribution >= 0.6 is 31.9 Å². The van der Waals surface area contributed by atoms with E-state index in [0.717, 1.165) is 22.1 Å². The van der Waals surface area contributed by atoms with Crippen LogP contribution in [-0.4, -0.2) is 29.9 Å². The lowest BCUT2D eigenvalue weighted by atomic mass is 10.1. The molecule has 0 amide bonds. The van der Waals surface area contributed by atoms with Gasteiger partial charge in [-0.2, -0.15) is 0 Å². The first kappa shape index (κ1) is 15.0. The first-order valence-corrected chi connectivity index (χ1v) is 7.42. The number of benzene rings is 1. The summed E-state index contributed by atoms with van der Waals surface area (Å²) < 4.78 is 6.47. The van der Waals surface area contributed by atoms with Crippen molar-refractivity contribution in [2.45, 2.75) is 25.9 Å². The fraction of sp³-hybridized carbons (Fsp3) is 0.538. The third-order valence-electron chi connectivity index (χ3n) is 3.01. The van der Waals surface area contributed by atoms with Gasteiger partial charge in [-0.15, -0.1) is 0 Å². The molecule has 17 heavy (non-hydrogen) atoms. The Morgan fingerprint density at radius 2 is 2.00 bits per heavy atom. The van der Waals surface area contributed by atoms with Gasteiger partial charge in [0.2, 0.25) is 0 Å². The molecule has 0 saturated carbocycles. The van der Waals surface area contributed by atoms with Crippen molar-refractivity contribution >= 4 is 31.9 Å². The lowest BCUT2D eigenvalue weighted by molar-refractivity contribution is 0.171. The lowest BCUT2D eigenvalue weighted by Gasteiger charge is -2.34. The SMILES string of the molecule is COc1ccc(Br)cc1CN(C)C(C)(C)CBr. The fourth-order valence-electron chi connectivity index (χ4n) is 1.44. The molecule has 0 aromatic heterocycles. The summed E-state index contributed by atoms with van der Waals surface area (Å²) in [6.07, 6.45) is 0. The number of nitrogens with zero attached hydrogens (tertiary/aromatic N) is 1. The molecule has 1 aromatic carbocycles. The van der Waals surface area contributed by atoms with Crippen LogP contribution in [0, 0.1) is 0 Å². The molecule has 0 spiro atoms. The minimum absolute atomic E-state index is 0.118. The number of rotatable bonds is 5. The van der Waals surface area contributed by atoms with Crippen LogP contribution in [0.3, 0.4) is 0 Å². The van der Waals surface area contributed by atoms with E-state index >= 15 is 0 Å². The van der Waals surface area contributed by atoms with Gasteiger partial charge in [0.1, 0.15) is 5.75 Å². The van der Waals surface area contributed by atoms with Crippen molar-refractivity contribution in [1.82, 2.24) is 4.90 Å². The maximum atomic E-state index is 5.39. The molecule has 2 nitrogen and oxygen atoms in total. The van der Waals surface area contributed by atoms with E-state index in [1.807, 2.05) is 12.1 Å². The van der Waals surface area contributed by atoms with Crippen molar-refractivity contribution in [2.24, 2.45) is 0 Å². The Balaban J connectivity index is 2.91. The van der Waals surface area contributed by atoms with E-state index in [2.05, 4.69) is 63.7 Å². The summed E-state index contributed by atoms with van der Waals surface area (Å²) >= 11 is 7.05. The van der Waals surface area contributed by atoms with Crippen molar-refractivity contribution in [1.29, 1.82) is 0 Å². The molecule has 0 atom stereocenters. The van der Waals surface area contributed by atoms with Crippen molar-refractivity contribution in [3.05, 3.63) is 28.2 Å². The van der Waals surface area contributed by atoms with E-state index in [9.17, 15) is 0 Å². The Hall–Kier alpha value is -0.0600. The zero-order chi connectivity index (χ0) is 13.1. The largest absolute Gasteiger partial charge is 0.496 e. The van der Waals surface area contributed by atoms with Gasteiger partial charge in [-0.3, -0.25) is 4.90 Å². The number of ether oxygens (including phenoxy) is 1. The van der Waals surface area contributed by atoms with Gasteiger partial charge < -0.3 is 4.74 Å². The number of hydrogen-bond acceptors (Lipinski definition) is 2. The Bertz CT molecular complexity index is 380. The quantitative estimate of drug-likeness (QED) is 0.730. The van der Waals surface area contributed by atoms with Gasteiger partial charge in [-0.1, -0.05) is 31.9 Å². The van der Waals surface area contributed by atoms with Gasteiger partial charge in [0.25, 0.3) is 0 Å². The number of methoxy groups -OCH3 is 1. The summed E-state index contributed by atoms with van der Waals surface area (Å²) in [5, 5.41) is 0.937. The van der Waals surface area contributed by atoms with Crippen LogP contribution in [-0.2, 0) is 6.54 Å². The predicted molar refractivity (Wildman–Crippen MR) is 80.0 cm³/mol. The third-order valence-corrected chi connectivity index (χ3v) is 4.88. The molecule has 0 unspecified atom stereocenters. The van der Waals surface area contributed by atoms with E-state index in [-0.39, 0.29) is 5.54 Å². The van der Waals surface area contributed by atoms with Gasteiger partial charge in [-0.25, -0.2) is 0 Å². The molecule has 96 valence electrons. The molecule has 0 fully saturated rings. The van der Waals surface area contributed by atoms with Crippen LogP contribution in [0.15, 0.2) is 22.7 Å².